The summed E-state index contributed by atoms with van der Waals surface area (Å²) in [6.45, 7) is -0.301. The summed E-state index contributed by atoms with van der Waals surface area (Å²) in [5.74, 6) is -0.403. The number of halogens is 3. The molecule has 0 aliphatic heterocycles. The van der Waals surface area contributed by atoms with Crippen LogP contribution in [0, 0.1) is 0 Å². The summed E-state index contributed by atoms with van der Waals surface area (Å²) in [6, 6.07) is 13.3. The van der Waals surface area contributed by atoms with Gasteiger partial charge in [-0.3, -0.25) is 9.78 Å². The number of anilines is 1. The SMILES string of the molecule is O=C(/C=C/c1ccncc1)Nc1ccc(S(=O)(=O)NCc2cccc(C(F)(F)F)c2)cc1. The van der Waals surface area contributed by atoms with Gasteiger partial charge in [0.25, 0.3) is 0 Å². The average Bonchev–Trinajstić information content (AvgIpc) is 2.77. The second-order valence-electron chi connectivity index (χ2n) is 6.65. The number of hydrogen-bond donors (Lipinski definition) is 2. The second kappa shape index (κ2) is 9.75. The number of amides is 1. The molecule has 0 radical (unpaired) electrons. The molecule has 0 fully saturated rings. The Morgan fingerprint density at radius 3 is 2.34 bits per heavy atom. The predicted molar refractivity (Wildman–Crippen MR) is 114 cm³/mol. The number of sulfonamides is 1. The molecule has 0 saturated carbocycles. The molecule has 166 valence electrons. The normalized spacial score (nSPS) is 12.1. The van der Waals surface area contributed by atoms with E-state index in [0.29, 0.717) is 5.69 Å². The van der Waals surface area contributed by atoms with Gasteiger partial charge in [-0.25, -0.2) is 13.1 Å². The molecule has 1 aromatic heterocycles. The first-order valence-electron chi connectivity index (χ1n) is 9.28. The Kier molecular flexibility index (Phi) is 7.06. The Hall–Kier alpha value is -3.50. The zero-order chi connectivity index (χ0) is 23.2. The van der Waals surface area contributed by atoms with Crippen LogP contribution < -0.4 is 10.0 Å². The highest BCUT2D eigenvalue weighted by Gasteiger charge is 2.30. The fraction of sp³-hybridized carbons (Fsp3) is 0.0909. The maximum absolute atomic E-state index is 12.8. The third-order valence-electron chi connectivity index (χ3n) is 4.29. The smallest absolute Gasteiger partial charge is 0.323 e. The highest BCUT2D eigenvalue weighted by atomic mass is 32.2. The van der Waals surface area contributed by atoms with Crippen molar-refractivity contribution >= 4 is 27.7 Å². The summed E-state index contributed by atoms with van der Waals surface area (Å²) < 4.78 is 65.5. The molecule has 2 aromatic carbocycles. The molecule has 32 heavy (non-hydrogen) atoms. The highest BCUT2D eigenvalue weighted by Crippen LogP contribution is 2.29. The number of aromatic nitrogens is 1. The van der Waals surface area contributed by atoms with Crippen LogP contribution in [0.4, 0.5) is 18.9 Å². The summed E-state index contributed by atoms with van der Waals surface area (Å²) in [5, 5.41) is 2.61. The number of carbonyl (C=O) groups excluding carboxylic acids is 1. The van der Waals surface area contributed by atoms with Gasteiger partial charge in [0.1, 0.15) is 0 Å². The molecule has 0 bridgehead atoms. The first-order chi connectivity index (χ1) is 15.1. The first kappa shape index (κ1) is 23.2. The molecule has 2 N–H and O–H groups in total. The molecule has 3 rings (SSSR count). The van der Waals surface area contributed by atoms with Crippen molar-refractivity contribution in [3.05, 3.63) is 95.8 Å². The molecule has 0 aliphatic carbocycles. The Balaban J connectivity index is 1.61. The molecular formula is C22H18F3N3O3S. The van der Waals surface area contributed by atoms with Crippen molar-refractivity contribution in [2.45, 2.75) is 17.6 Å². The lowest BCUT2D eigenvalue weighted by atomic mass is 10.1. The zero-order valence-electron chi connectivity index (χ0n) is 16.5. The maximum Gasteiger partial charge on any atom is 0.416 e. The van der Waals surface area contributed by atoms with Gasteiger partial charge in [-0.2, -0.15) is 13.2 Å². The van der Waals surface area contributed by atoms with E-state index < -0.39 is 27.7 Å². The van der Waals surface area contributed by atoms with E-state index in [1.54, 1.807) is 30.6 Å². The Morgan fingerprint density at radius 1 is 1.00 bits per heavy atom. The maximum atomic E-state index is 12.8. The van der Waals surface area contributed by atoms with Gasteiger partial charge in [-0.05, 0) is 59.7 Å². The van der Waals surface area contributed by atoms with Crippen molar-refractivity contribution in [2.75, 3.05) is 5.32 Å². The van der Waals surface area contributed by atoms with Gasteiger partial charge in [-0.15, -0.1) is 0 Å². The molecule has 3 aromatic rings. The van der Waals surface area contributed by atoms with E-state index in [-0.39, 0.29) is 17.0 Å². The van der Waals surface area contributed by atoms with Gasteiger partial charge in [0, 0.05) is 30.7 Å². The van der Waals surface area contributed by atoms with Gasteiger partial charge in [0.2, 0.25) is 15.9 Å². The van der Waals surface area contributed by atoms with E-state index in [1.165, 1.54) is 42.5 Å². The van der Waals surface area contributed by atoms with E-state index >= 15 is 0 Å². The van der Waals surface area contributed by atoms with Crippen molar-refractivity contribution < 1.29 is 26.4 Å². The third kappa shape index (κ3) is 6.50. The lowest BCUT2D eigenvalue weighted by Crippen LogP contribution is -2.23. The molecular weight excluding hydrogens is 443 g/mol. The van der Waals surface area contributed by atoms with E-state index in [9.17, 15) is 26.4 Å². The number of hydrogen-bond acceptors (Lipinski definition) is 4. The lowest BCUT2D eigenvalue weighted by Gasteiger charge is -2.10. The average molecular weight is 461 g/mol. The molecule has 0 saturated heterocycles. The standard InChI is InChI=1S/C22H18F3N3O3S/c23-22(24,25)18-3-1-2-17(14-18)15-27-32(30,31)20-7-5-19(6-8-20)28-21(29)9-4-16-10-12-26-13-11-16/h1-14,27H,15H2,(H,28,29)/b9-4+. The van der Waals surface area contributed by atoms with Crippen LogP contribution >= 0.6 is 0 Å². The van der Waals surface area contributed by atoms with Crippen molar-refractivity contribution in [2.24, 2.45) is 0 Å². The summed E-state index contributed by atoms with van der Waals surface area (Å²) in [6.07, 6.45) is 1.61. The summed E-state index contributed by atoms with van der Waals surface area (Å²) in [4.78, 5) is 15.8. The van der Waals surface area contributed by atoms with Crippen LogP contribution in [0.25, 0.3) is 6.08 Å². The number of benzene rings is 2. The molecule has 10 heteroatoms. The van der Waals surface area contributed by atoms with Crippen LogP contribution in [-0.2, 0) is 27.5 Å². The fourth-order valence-corrected chi connectivity index (χ4v) is 3.68. The van der Waals surface area contributed by atoms with Crippen LogP contribution in [0.15, 0.2) is 84.0 Å². The number of nitrogens with one attached hydrogen (secondary N) is 2. The number of alkyl halides is 3. The Morgan fingerprint density at radius 2 is 1.69 bits per heavy atom. The second-order valence-corrected chi connectivity index (χ2v) is 8.42. The molecule has 0 atom stereocenters. The van der Waals surface area contributed by atoms with Crippen molar-refractivity contribution in [1.29, 1.82) is 0 Å². The third-order valence-corrected chi connectivity index (χ3v) is 5.70. The van der Waals surface area contributed by atoms with E-state index in [1.807, 2.05) is 0 Å². The Bertz CT molecular complexity index is 1210. The van der Waals surface area contributed by atoms with Crippen molar-refractivity contribution in [3.8, 4) is 0 Å². The van der Waals surface area contributed by atoms with Crippen LogP contribution in [0.2, 0.25) is 0 Å². The summed E-state index contributed by atoms with van der Waals surface area (Å²) in [5.41, 5.74) is 0.496. The highest BCUT2D eigenvalue weighted by molar-refractivity contribution is 7.89. The molecule has 1 heterocycles. The largest absolute Gasteiger partial charge is 0.416 e. The van der Waals surface area contributed by atoms with E-state index in [0.717, 1.165) is 17.7 Å². The number of nitrogens with zero attached hydrogens (tertiary/aromatic N) is 1. The molecule has 0 aliphatic rings. The van der Waals surface area contributed by atoms with E-state index in [4.69, 9.17) is 0 Å². The zero-order valence-corrected chi connectivity index (χ0v) is 17.3. The fourth-order valence-electron chi connectivity index (χ4n) is 2.67. The molecule has 0 unspecified atom stereocenters. The van der Waals surface area contributed by atoms with Gasteiger partial charge < -0.3 is 5.32 Å². The van der Waals surface area contributed by atoms with Crippen LogP contribution in [-0.4, -0.2) is 19.3 Å². The topological polar surface area (TPSA) is 88.2 Å². The first-order valence-corrected chi connectivity index (χ1v) is 10.8. The lowest BCUT2D eigenvalue weighted by molar-refractivity contribution is -0.137. The van der Waals surface area contributed by atoms with Crippen LogP contribution in [0.1, 0.15) is 16.7 Å². The number of carbonyl (C=O) groups is 1. The van der Waals surface area contributed by atoms with Crippen LogP contribution in [0.5, 0.6) is 0 Å². The van der Waals surface area contributed by atoms with Gasteiger partial charge >= 0.3 is 6.18 Å². The summed E-state index contributed by atoms with van der Waals surface area (Å²) >= 11 is 0. The minimum Gasteiger partial charge on any atom is -0.323 e. The molecule has 6 nitrogen and oxygen atoms in total. The Labute approximate surface area is 182 Å². The monoisotopic (exact) mass is 461 g/mol. The van der Waals surface area contributed by atoms with Crippen molar-refractivity contribution in [1.82, 2.24) is 9.71 Å². The number of pyridine rings is 1. The quantitative estimate of drug-likeness (QED) is 0.516. The van der Waals surface area contributed by atoms with E-state index in [2.05, 4.69) is 15.0 Å². The minimum atomic E-state index is -4.51. The predicted octanol–water partition coefficient (Wildman–Crippen LogP) is 4.23. The van der Waals surface area contributed by atoms with Gasteiger partial charge in [0.15, 0.2) is 0 Å². The minimum absolute atomic E-state index is 0.0881. The molecule has 1 amide bonds. The van der Waals surface area contributed by atoms with Crippen molar-refractivity contribution in [3.63, 3.8) is 0 Å². The van der Waals surface area contributed by atoms with Crippen LogP contribution in [0.3, 0.4) is 0 Å². The van der Waals surface area contributed by atoms with Gasteiger partial charge in [0.05, 0.1) is 10.5 Å². The summed E-state index contributed by atoms with van der Waals surface area (Å²) in [7, 11) is -3.96. The molecule has 0 spiro atoms. The van der Waals surface area contributed by atoms with Gasteiger partial charge in [-0.1, -0.05) is 18.2 Å². The number of rotatable bonds is 7.